The summed E-state index contributed by atoms with van der Waals surface area (Å²) in [6, 6.07) is 0. The van der Waals surface area contributed by atoms with Crippen molar-refractivity contribution in [3.8, 4) is 0 Å². The van der Waals surface area contributed by atoms with Gasteiger partial charge in [0.15, 0.2) is 0 Å². The molecule has 3 atom stereocenters. The highest BCUT2D eigenvalue weighted by Crippen LogP contribution is 2.48. The third kappa shape index (κ3) is 0.540. The molecule has 0 bridgehead atoms. The van der Waals surface area contributed by atoms with Crippen LogP contribution >= 0.6 is 11.8 Å². The largest absolute Gasteiger partial charge is 0.161 e. The van der Waals surface area contributed by atoms with E-state index in [1.165, 1.54) is 17.9 Å². The predicted octanol–water partition coefficient (Wildman–Crippen LogP) is 2.01. The first-order valence-electron chi connectivity index (χ1n) is 3.45. The Balaban J connectivity index is 2.02. The van der Waals surface area contributed by atoms with Gasteiger partial charge >= 0.3 is 0 Å². The molecule has 8 heavy (non-hydrogen) atoms. The predicted molar refractivity (Wildman–Crippen MR) is 38.1 cm³/mol. The van der Waals surface area contributed by atoms with Gasteiger partial charge in [-0.3, -0.25) is 0 Å². The first-order valence-corrected chi connectivity index (χ1v) is 4.61. The molecule has 0 radical (unpaired) electrons. The van der Waals surface area contributed by atoms with Gasteiger partial charge in [-0.15, -0.1) is 0 Å². The fourth-order valence-electron chi connectivity index (χ4n) is 1.94. The highest BCUT2D eigenvalue weighted by atomic mass is 32.2. The van der Waals surface area contributed by atoms with Crippen molar-refractivity contribution in [2.24, 2.45) is 17.8 Å². The van der Waals surface area contributed by atoms with Gasteiger partial charge in [-0.05, 0) is 35.7 Å². The summed E-state index contributed by atoms with van der Waals surface area (Å²) in [4.78, 5) is 0. The Morgan fingerprint density at radius 1 is 1.38 bits per heavy atom. The van der Waals surface area contributed by atoms with Gasteiger partial charge in [0.05, 0.1) is 0 Å². The molecule has 1 aliphatic heterocycles. The summed E-state index contributed by atoms with van der Waals surface area (Å²) in [7, 11) is 0. The number of rotatable bonds is 0. The average Bonchev–Trinajstić information content (AvgIpc) is 2.09. The van der Waals surface area contributed by atoms with Gasteiger partial charge in [-0.1, -0.05) is 6.92 Å². The first-order chi connectivity index (χ1) is 3.88. The van der Waals surface area contributed by atoms with E-state index in [0.29, 0.717) is 0 Å². The normalized spacial score (nSPS) is 52.9. The van der Waals surface area contributed by atoms with E-state index >= 15 is 0 Å². The van der Waals surface area contributed by atoms with Crippen LogP contribution in [-0.2, 0) is 0 Å². The third-order valence-electron chi connectivity index (χ3n) is 2.65. The Morgan fingerprint density at radius 3 is 2.75 bits per heavy atom. The first kappa shape index (κ1) is 5.16. The zero-order valence-corrected chi connectivity index (χ0v) is 6.08. The summed E-state index contributed by atoms with van der Waals surface area (Å²) in [5, 5.41) is 0. The molecule has 2 rings (SSSR count). The lowest BCUT2D eigenvalue weighted by Gasteiger charge is -2.37. The second-order valence-corrected chi connectivity index (χ2v) is 4.25. The monoisotopic (exact) mass is 128 g/mol. The van der Waals surface area contributed by atoms with Crippen molar-refractivity contribution in [1.82, 2.24) is 0 Å². The molecule has 1 aliphatic carbocycles. The Morgan fingerprint density at radius 2 is 2.25 bits per heavy atom. The molecule has 0 aromatic carbocycles. The maximum absolute atomic E-state index is 2.40. The van der Waals surface area contributed by atoms with Crippen molar-refractivity contribution in [2.75, 3.05) is 11.5 Å². The average molecular weight is 128 g/mol. The van der Waals surface area contributed by atoms with E-state index in [-0.39, 0.29) is 0 Å². The molecule has 3 unspecified atom stereocenters. The smallest absolute Gasteiger partial charge is 0.00335 e. The van der Waals surface area contributed by atoms with Gasteiger partial charge < -0.3 is 0 Å². The Labute approximate surface area is 55.0 Å². The Kier molecular flexibility index (Phi) is 1.07. The maximum Gasteiger partial charge on any atom is -0.00335 e. The molecule has 0 spiro atoms. The molecule has 0 aromatic rings. The SMILES string of the molecule is CC1CC2CSCC12. The van der Waals surface area contributed by atoms with Gasteiger partial charge in [0.2, 0.25) is 0 Å². The molecule has 0 N–H and O–H groups in total. The summed E-state index contributed by atoms with van der Waals surface area (Å²) in [6.07, 6.45) is 1.53. The second kappa shape index (κ2) is 1.66. The van der Waals surface area contributed by atoms with Gasteiger partial charge in [-0.2, -0.15) is 11.8 Å². The van der Waals surface area contributed by atoms with Crippen LogP contribution in [0.2, 0.25) is 0 Å². The van der Waals surface area contributed by atoms with Crippen molar-refractivity contribution < 1.29 is 0 Å². The molecule has 1 saturated heterocycles. The molecular formula is C7H12S. The van der Waals surface area contributed by atoms with Crippen LogP contribution in [0.4, 0.5) is 0 Å². The van der Waals surface area contributed by atoms with Crippen molar-refractivity contribution in [2.45, 2.75) is 13.3 Å². The standard InChI is InChI=1S/C7H12S/c1-5-2-6-3-8-4-7(5)6/h5-7H,2-4H2,1H3. The van der Waals surface area contributed by atoms with Gasteiger partial charge in [-0.25, -0.2) is 0 Å². The number of hydrogen-bond donors (Lipinski definition) is 0. The summed E-state index contributed by atoms with van der Waals surface area (Å²) in [5.41, 5.74) is 0. The quantitative estimate of drug-likeness (QED) is 0.481. The molecule has 1 heterocycles. The van der Waals surface area contributed by atoms with Crippen LogP contribution in [0, 0.1) is 17.8 Å². The van der Waals surface area contributed by atoms with Crippen molar-refractivity contribution >= 4 is 11.8 Å². The van der Waals surface area contributed by atoms with Crippen LogP contribution in [0.1, 0.15) is 13.3 Å². The number of thioether (sulfide) groups is 1. The molecule has 0 nitrogen and oxygen atoms in total. The minimum absolute atomic E-state index is 1.06. The number of hydrogen-bond acceptors (Lipinski definition) is 1. The highest BCUT2D eigenvalue weighted by Gasteiger charge is 2.41. The minimum Gasteiger partial charge on any atom is -0.161 e. The molecule has 0 amide bonds. The summed E-state index contributed by atoms with van der Waals surface area (Å²) >= 11 is 2.16. The van der Waals surface area contributed by atoms with Crippen molar-refractivity contribution in [3.05, 3.63) is 0 Å². The molecular weight excluding hydrogens is 116 g/mol. The topological polar surface area (TPSA) is 0 Å². The maximum atomic E-state index is 2.40. The van der Waals surface area contributed by atoms with Crippen LogP contribution in [0.15, 0.2) is 0 Å². The minimum atomic E-state index is 1.06. The molecule has 2 fully saturated rings. The fourth-order valence-corrected chi connectivity index (χ4v) is 3.64. The zero-order valence-electron chi connectivity index (χ0n) is 5.26. The molecule has 1 saturated carbocycles. The van der Waals surface area contributed by atoms with E-state index in [1.807, 2.05) is 0 Å². The van der Waals surface area contributed by atoms with Gasteiger partial charge in [0, 0.05) is 0 Å². The van der Waals surface area contributed by atoms with Crippen LogP contribution in [-0.4, -0.2) is 11.5 Å². The fraction of sp³-hybridized carbons (Fsp3) is 1.00. The van der Waals surface area contributed by atoms with Gasteiger partial charge in [0.25, 0.3) is 0 Å². The molecule has 0 aromatic heterocycles. The number of fused-ring (bicyclic) bond motifs is 1. The van der Waals surface area contributed by atoms with E-state index < -0.39 is 0 Å². The lowest BCUT2D eigenvalue weighted by atomic mass is 9.68. The Hall–Kier alpha value is 0.350. The van der Waals surface area contributed by atoms with Crippen molar-refractivity contribution in [1.29, 1.82) is 0 Å². The van der Waals surface area contributed by atoms with Gasteiger partial charge in [0.1, 0.15) is 0 Å². The molecule has 2 aliphatic rings. The summed E-state index contributed by atoms with van der Waals surface area (Å²) in [6.45, 7) is 2.40. The van der Waals surface area contributed by atoms with Crippen LogP contribution < -0.4 is 0 Å². The van der Waals surface area contributed by atoms with Crippen LogP contribution in [0.25, 0.3) is 0 Å². The Bertz CT molecular complexity index is 101. The van der Waals surface area contributed by atoms with E-state index in [9.17, 15) is 0 Å². The zero-order chi connectivity index (χ0) is 5.56. The van der Waals surface area contributed by atoms with E-state index in [0.717, 1.165) is 17.8 Å². The third-order valence-corrected chi connectivity index (χ3v) is 3.94. The van der Waals surface area contributed by atoms with Crippen LogP contribution in [0.3, 0.4) is 0 Å². The van der Waals surface area contributed by atoms with E-state index in [2.05, 4.69) is 18.7 Å². The highest BCUT2D eigenvalue weighted by molar-refractivity contribution is 7.99. The summed E-state index contributed by atoms with van der Waals surface area (Å²) in [5.74, 6) is 6.26. The van der Waals surface area contributed by atoms with Crippen molar-refractivity contribution in [3.63, 3.8) is 0 Å². The molecule has 46 valence electrons. The van der Waals surface area contributed by atoms with E-state index in [4.69, 9.17) is 0 Å². The lowest BCUT2D eigenvalue weighted by Crippen LogP contribution is -2.32. The molecule has 1 heteroatoms. The van der Waals surface area contributed by atoms with Crippen LogP contribution in [0.5, 0.6) is 0 Å². The lowest BCUT2D eigenvalue weighted by molar-refractivity contribution is 0.140. The van der Waals surface area contributed by atoms with E-state index in [1.54, 1.807) is 0 Å². The second-order valence-electron chi connectivity index (χ2n) is 3.17. The summed E-state index contributed by atoms with van der Waals surface area (Å²) < 4.78 is 0.